The molecule has 0 radical (unpaired) electrons. The van der Waals surface area contributed by atoms with E-state index in [-0.39, 0.29) is 12.5 Å². The summed E-state index contributed by atoms with van der Waals surface area (Å²) in [4.78, 5) is 14.2. The third kappa shape index (κ3) is 3.70. The van der Waals surface area contributed by atoms with Crippen molar-refractivity contribution in [3.05, 3.63) is 29.8 Å². The highest BCUT2D eigenvalue weighted by atomic mass is 16.5. The summed E-state index contributed by atoms with van der Waals surface area (Å²) in [5, 5.41) is 8.72. The summed E-state index contributed by atoms with van der Waals surface area (Å²) >= 11 is 0. The first kappa shape index (κ1) is 13.9. The second kappa shape index (κ2) is 7.14. The molecule has 1 aromatic carbocycles. The number of aliphatic hydroxyl groups excluding tert-OH is 1. The Labute approximate surface area is 114 Å². The van der Waals surface area contributed by atoms with E-state index in [0.717, 1.165) is 32.2 Å². The van der Waals surface area contributed by atoms with Crippen molar-refractivity contribution in [2.24, 2.45) is 0 Å². The maximum atomic E-state index is 12.4. The molecular formula is C15H21NO3. The smallest absolute Gasteiger partial charge is 0.257 e. The van der Waals surface area contributed by atoms with Crippen molar-refractivity contribution in [2.75, 3.05) is 26.3 Å². The van der Waals surface area contributed by atoms with Crippen LogP contribution in [0.25, 0.3) is 0 Å². The van der Waals surface area contributed by atoms with Gasteiger partial charge in [0.05, 0.1) is 12.1 Å². The molecule has 4 nitrogen and oxygen atoms in total. The lowest BCUT2D eigenvalue weighted by molar-refractivity contribution is 0.0752. The highest BCUT2D eigenvalue weighted by Crippen LogP contribution is 2.22. The normalized spacial score (nSPS) is 14.8. The lowest BCUT2D eigenvalue weighted by atomic mass is 10.1. The van der Waals surface area contributed by atoms with Gasteiger partial charge >= 0.3 is 0 Å². The molecule has 1 aliphatic heterocycles. The molecule has 0 aromatic heterocycles. The second-order valence-electron chi connectivity index (χ2n) is 4.77. The van der Waals surface area contributed by atoms with E-state index in [0.29, 0.717) is 24.5 Å². The van der Waals surface area contributed by atoms with Crippen LogP contribution >= 0.6 is 0 Å². The first-order valence-corrected chi connectivity index (χ1v) is 6.95. The fraction of sp³-hybridized carbons (Fsp3) is 0.533. The zero-order valence-electron chi connectivity index (χ0n) is 11.2. The Morgan fingerprint density at radius 1 is 1.16 bits per heavy atom. The van der Waals surface area contributed by atoms with Gasteiger partial charge < -0.3 is 14.7 Å². The average molecular weight is 263 g/mol. The van der Waals surface area contributed by atoms with E-state index >= 15 is 0 Å². The molecular weight excluding hydrogens is 242 g/mol. The number of hydrogen-bond donors (Lipinski definition) is 1. The fourth-order valence-corrected chi connectivity index (χ4v) is 2.29. The van der Waals surface area contributed by atoms with Crippen molar-refractivity contribution in [3.8, 4) is 5.75 Å². The Morgan fingerprint density at radius 3 is 2.79 bits per heavy atom. The molecule has 1 amide bonds. The monoisotopic (exact) mass is 263 g/mol. The van der Waals surface area contributed by atoms with Crippen LogP contribution in [0.1, 0.15) is 36.0 Å². The highest BCUT2D eigenvalue weighted by Gasteiger charge is 2.22. The summed E-state index contributed by atoms with van der Waals surface area (Å²) < 4.78 is 5.60. The minimum Gasteiger partial charge on any atom is -0.491 e. The molecule has 1 aliphatic rings. The number of benzene rings is 1. The molecule has 1 aromatic rings. The van der Waals surface area contributed by atoms with Crippen LogP contribution in [-0.2, 0) is 0 Å². The van der Waals surface area contributed by atoms with Crippen molar-refractivity contribution in [3.63, 3.8) is 0 Å². The molecule has 0 saturated heterocycles. The van der Waals surface area contributed by atoms with Gasteiger partial charge in [0.2, 0.25) is 0 Å². The third-order valence-corrected chi connectivity index (χ3v) is 3.36. The summed E-state index contributed by atoms with van der Waals surface area (Å²) in [5.41, 5.74) is 0.662. The highest BCUT2D eigenvalue weighted by molar-refractivity contribution is 5.97. The summed E-state index contributed by atoms with van der Waals surface area (Å²) in [7, 11) is 0. The van der Waals surface area contributed by atoms with E-state index in [9.17, 15) is 4.79 Å². The molecule has 0 spiro atoms. The minimum atomic E-state index is 0.0651. The van der Waals surface area contributed by atoms with Crippen LogP contribution in [-0.4, -0.2) is 42.2 Å². The molecule has 0 fully saturated rings. The minimum absolute atomic E-state index is 0.0651. The number of fused-ring (bicyclic) bond motifs is 1. The number of nitrogens with zero attached hydrogens (tertiary/aromatic N) is 1. The van der Waals surface area contributed by atoms with Crippen LogP contribution in [0.2, 0.25) is 0 Å². The summed E-state index contributed by atoms with van der Waals surface area (Å²) in [6.07, 6.45) is 3.90. The molecule has 0 unspecified atom stereocenters. The van der Waals surface area contributed by atoms with Crippen molar-refractivity contribution in [1.29, 1.82) is 0 Å². The lowest BCUT2D eigenvalue weighted by Gasteiger charge is -2.19. The van der Waals surface area contributed by atoms with Gasteiger partial charge in [0, 0.05) is 13.2 Å². The van der Waals surface area contributed by atoms with Gasteiger partial charge in [-0.2, -0.15) is 0 Å². The number of aliphatic hydroxyl groups is 1. The van der Waals surface area contributed by atoms with Crippen molar-refractivity contribution >= 4 is 5.91 Å². The lowest BCUT2D eigenvalue weighted by Crippen LogP contribution is -2.33. The maximum absolute atomic E-state index is 12.4. The summed E-state index contributed by atoms with van der Waals surface area (Å²) in [6.45, 7) is 2.22. The van der Waals surface area contributed by atoms with Crippen molar-refractivity contribution in [2.45, 2.75) is 25.7 Å². The maximum Gasteiger partial charge on any atom is 0.257 e. The number of hydrogen-bond acceptors (Lipinski definition) is 3. The Morgan fingerprint density at radius 2 is 1.95 bits per heavy atom. The molecule has 0 aliphatic carbocycles. The molecule has 1 N–H and O–H groups in total. The van der Waals surface area contributed by atoms with Gasteiger partial charge in [-0.1, -0.05) is 25.0 Å². The zero-order chi connectivity index (χ0) is 13.5. The molecule has 4 heteroatoms. The molecule has 2 rings (SSSR count). The van der Waals surface area contributed by atoms with E-state index < -0.39 is 0 Å². The van der Waals surface area contributed by atoms with E-state index in [1.54, 1.807) is 0 Å². The topological polar surface area (TPSA) is 49.8 Å². The Bertz CT molecular complexity index is 420. The van der Waals surface area contributed by atoms with E-state index in [1.807, 2.05) is 29.2 Å². The standard InChI is InChI=1S/C15H21NO3/c17-11-6-2-1-5-9-16-10-12-19-14-8-4-3-7-13(14)15(16)18/h3-4,7-8,17H,1-2,5-6,9-12H2. The number of carbonyl (C=O) groups is 1. The molecule has 1 heterocycles. The number of para-hydroxylation sites is 1. The van der Waals surface area contributed by atoms with Gasteiger partial charge in [-0.3, -0.25) is 4.79 Å². The first-order chi connectivity index (χ1) is 9.33. The zero-order valence-corrected chi connectivity index (χ0v) is 11.2. The van der Waals surface area contributed by atoms with Gasteiger partial charge in [-0.15, -0.1) is 0 Å². The Hall–Kier alpha value is -1.55. The molecule has 104 valence electrons. The molecule has 0 bridgehead atoms. The largest absolute Gasteiger partial charge is 0.491 e. The van der Waals surface area contributed by atoms with Crippen molar-refractivity contribution < 1.29 is 14.6 Å². The summed E-state index contributed by atoms with van der Waals surface area (Å²) in [5.74, 6) is 0.755. The molecule has 19 heavy (non-hydrogen) atoms. The van der Waals surface area contributed by atoms with Crippen LogP contribution < -0.4 is 4.74 Å². The number of carbonyl (C=O) groups excluding carboxylic acids is 1. The van der Waals surface area contributed by atoms with Crippen LogP contribution in [0.4, 0.5) is 0 Å². The number of rotatable bonds is 6. The number of ether oxygens (including phenoxy) is 1. The quantitative estimate of drug-likeness (QED) is 0.799. The van der Waals surface area contributed by atoms with Crippen LogP contribution in [0.15, 0.2) is 24.3 Å². The number of amides is 1. The second-order valence-corrected chi connectivity index (χ2v) is 4.77. The molecule has 0 atom stereocenters. The SMILES string of the molecule is O=C1c2ccccc2OCCN1CCCCCCO. The fourth-order valence-electron chi connectivity index (χ4n) is 2.29. The Balaban J connectivity index is 1.90. The first-order valence-electron chi connectivity index (χ1n) is 6.95. The average Bonchev–Trinajstić information content (AvgIpc) is 2.59. The van der Waals surface area contributed by atoms with Crippen LogP contribution in [0, 0.1) is 0 Å². The van der Waals surface area contributed by atoms with E-state index in [4.69, 9.17) is 9.84 Å². The van der Waals surface area contributed by atoms with Crippen molar-refractivity contribution in [1.82, 2.24) is 4.90 Å². The Kier molecular flexibility index (Phi) is 5.21. The predicted molar refractivity (Wildman–Crippen MR) is 73.4 cm³/mol. The van der Waals surface area contributed by atoms with E-state index in [2.05, 4.69) is 0 Å². The van der Waals surface area contributed by atoms with Gasteiger partial charge in [-0.25, -0.2) is 0 Å². The summed E-state index contributed by atoms with van der Waals surface area (Å²) in [6, 6.07) is 7.42. The number of unbranched alkanes of at least 4 members (excludes halogenated alkanes) is 3. The molecule has 0 saturated carbocycles. The predicted octanol–water partition coefficient (Wildman–Crippen LogP) is 2.07. The van der Waals surface area contributed by atoms with Gasteiger partial charge in [0.1, 0.15) is 12.4 Å². The third-order valence-electron chi connectivity index (χ3n) is 3.36. The van der Waals surface area contributed by atoms with Gasteiger partial charge in [-0.05, 0) is 25.0 Å². The van der Waals surface area contributed by atoms with E-state index in [1.165, 1.54) is 0 Å². The van der Waals surface area contributed by atoms with Gasteiger partial charge in [0.25, 0.3) is 5.91 Å². The van der Waals surface area contributed by atoms with Crippen LogP contribution in [0.3, 0.4) is 0 Å². The van der Waals surface area contributed by atoms with Crippen LogP contribution in [0.5, 0.6) is 5.75 Å². The van der Waals surface area contributed by atoms with Gasteiger partial charge in [0.15, 0.2) is 0 Å².